The smallest absolute Gasteiger partial charge is 0.307 e. The molecule has 0 atom stereocenters. The van der Waals surface area contributed by atoms with Crippen molar-refractivity contribution in [1.82, 2.24) is 4.90 Å². The Morgan fingerprint density at radius 1 is 1.27 bits per heavy atom. The van der Waals surface area contributed by atoms with Gasteiger partial charge in [0.2, 0.25) is 5.91 Å². The van der Waals surface area contributed by atoms with E-state index in [1.807, 2.05) is 0 Å². The number of aliphatic hydroxyl groups excluding tert-OH is 1. The number of aliphatic hydroxyl groups is 1. The minimum absolute atomic E-state index is 0.0110. The first kappa shape index (κ1) is 18.2. The van der Waals surface area contributed by atoms with Crippen LogP contribution in [0.15, 0.2) is 30.3 Å². The molecular formula is C16H20ClNO4. The number of ether oxygens (including phenoxy) is 1. The van der Waals surface area contributed by atoms with E-state index < -0.39 is 0 Å². The lowest BCUT2D eigenvalue weighted by Crippen LogP contribution is -2.33. The number of benzene rings is 1. The van der Waals surface area contributed by atoms with E-state index >= 15 is 0 Å². The Labute approximate surface area is 135 Å². The average molecular weight is 326 g/mol. The first-order chi connectivity index (χ1) is 10.6. The molecule has 0 aliphatic rings. The predicted molar refractivity (Wildman–Crippen MR) is 85.4 cm³/mol. The Bertz CT molecular complexity index is 513. The van der Waals surface area contributed by atoms with Crippen LogP contribution in [-0.2, 0) is 14.3 Å². The van der Waals surface area contributed by atoms with Gasteiger partial charge in [0.25, 0.3) is 0 Å². The molecule has 0 aliphatic carbocycles. The van der Waals surface area contributed by atoms with E-state index in [1.54, 1.807) is 30.3 Å². The second-order valence-corrected chi connectivity index (χ2v) is 5.05. The summed E-state index contributed by atoms with van der Waals surface area (Å²) in [4.78, 5) is 24.9. The zero-order valence-corrected chi connectivity index (χ0v) is 13.3. The van der Waals surface area contributed by atoms with Crippen molar-refractivity contribution in [3.63, 3.8) is 0 Å². The predicted octanol–water partition coefficient (Wildman–Crippen LogP) is 2.13. The van der Waals surface area contributed by atoms with Gasteiger partial charge in [-0.1, -0.05) is 23.7 Å². The fourth-order valence-corrected chi connectivity index (χ4v) is 1.89. The number of amides is 1. The van der Waals surface area contributed by atoms with Crippen molar-refractivity contribution in [1.29, 1.82) is 0 Å². The topological polar surface area (TPSA) is 66.8 Å². The number of hydrogen-bond donors (Lipinski definition) is 1. The highest BCUT2D eigenvalue weighted by molar-refractivity contribution is 6.30. The Morgan fingerprint density at radius 3 is 2.55 bits per heavy atom. The van der Waals surface area contributed by atoms with E-state index in [0.29, 0.717) is 18.0 Å². The van der Waals surface area contributed by atoms with Crippen LogP contribution < -0.4 is 0 Å². The Morgan fingerprint density at radius 2 is 1.95 bits per heavy atom. The van der Waals surface area contributed by atoms with Gasteiger partial charge in [0.15, 0.2) is 0 Å². The van der Waals surface area contributed by atoms with Gasteiger partial charge in [-0.05, 0) is 30.2 Å². The number of methoxy groups -OCH3 is 1. The van der Waals surface area contributed by atoms with Crippen LogP contribution in [0, 0.1) is 0 Å². The van der Waals surface area contributed by atoms with Crippen LogP contribution in [-0.4, -0.2) is 48.7 Å². The maximum Gasteiger partial charge on any atom is 0.307 e. The van der Waals surface area contributed by atoms with Crippen molar-refractivity contribution in [2.24, 2.45) is 0 Å². The third-order valence-electron chi connectivity index (χ3n) is 3.00. The molecule has 0 unspecified atom stereocenters. The zero-order valence-electron chi connectivity index (χ0n) is 12.5. The van der Waals surface area contributed by atoms with Crippen molar-refractivity contribution in [2.45, 2.75) is 12.8 Å². The zero-order chi connectivity index (χ0) is 16.4. The lowest BCUT2D eigenvalue weighted by molar-refractivity contribution is -0.141. The maximum atomic E-state index is 12.2. The van der Waals surface area contributed by atoms with E-state index in [2.05, 4.69) is 4.74 Å². The monoisotopic (exact) mass is 325 g/mol. The van der Waals surface area contributed by atoms with E-state index in [-0.39, 0.29) is 31.4 Å². The van der Waals surface area contributed by atoms with Crippen LogP contribution in [0.4, 0.5) is 0 Å². The maximum absolute atomic E-state index is 12.2. The molecule has 1 N–H and O–H groups in total. The number of carbonyl (C=O) groups excluding carboxylic acids is 2. The normalized spacial score (nSPS) is 10.7. The van der Waals surface area contributed by atoms with Gasteiger partial charge in [0.1, 0.15) is 0 Å². The number of rotatable bonds is 8. The molecule has 0 saturated carbocycles. The van der Waals surface area contributed by atoms with Crippen molar-refractivity contribution in [2.75, 3.05) is 26.8 Å². The minimum atomic E-state index is -0.372. The Balaban J connectivity index is 2.64. The van der Waals surface area contributed by atoms with Crippen molar-refractivity contribution in [3.8, 4) is 0 Å². The highest BCUT2D eigenvalue weighted by Gasteiger charge is 2.12. The van der Waals surface area contributed by atoms with Gasteiger partial charge in [0, 0.05) is 30.8 Å². The highest BCUT2D eigenvalue weighted by atomic mass is 35.5. The number of halogens is 1. The second-order valence-electron chi connectivity index (χ2n) is 4.61. The van der Waals surface area contributed by atoms with Crippen LogP contribution in [0.3, 0.4) is 0 Å². The van der Waals surface area contributed by atoms with E-state index in [1.165, 1.54) is 18.1 Å². The van der Waals surface area contributed by atoms with Crippen LogP contribution in [0.25, 0.3) is 6.08 Å². The molecule has 1 aromatic carbocycles. The summed E-state index contributed by atoms with van der Waals surface area (Å²) in [5, 5.41) is 9.52. The quantitative estimate of drug-likeness (QED) is 0.587. The second kappa shape index (κ2) is 9.97. The largest absolute Gasteiger partial charge is 0.469 e. The summed E-state index contributed by atoms with van der Waals surface area (Å²) in [6.45, 7) is 0.636. The highest BCUT2D eigenvalue weighted by Crippen LogP contribution is 2.11. The summed E-state index contributed by atoms with van der Waals surface area (Å²) in [6.07, 6.45) is 3.71. The van der Waals surface area contributed by atoms with Crippen LogP contribution in [0.2, 0.25) is 5.02 Å². The van der Waals surface area contributed by atoms with Gasteiger partial charge in [-0.3, -0.25) is 9.59 Å². The third-order valence-corrected chi connectivity index (χ3v) is 3.25. The molecule has 0 saturated heterocycles. The summed E-state index contributed by atoms with van der Waals surface area (Å²) < 4.78 is 4.57. The molecule has 1 aromatic rings. The molecule has 22 heavy (non-hydrogen) atoms. The number of nitrogens with zero attached hydrogens (tertiary/aromatic N) is 1. The lowest BCUT2D eigenvalue weighted by Gasteiger charge is -2.20. The van der Waals surface area contributed by atoms with Gasteiger partial charge in [-0.15, -0.1) is 0 Å². The first-order valence-electron chi connectivity index (χ1n) is 6.97. The summed E-state index contributed by atoms with van der Waals surface area (Å²) in [7, 11) is 1.31. The molecule has 6 heteroatoms. The Hall–Kier alpha value is -1.85. The van der Waals surface area contributed by atoms with Crippen molar-refractivity contribution >= 4 is 29.6 Å². The molecule has 0 aliphatic heterocycles. The van der Waals surface area contributed by atoms with Gasteiger partial charge in [-0.25, -0.2) is 0 Å². The molecule has 1 amide bonds. The van der Waals surface area contributed by atoms with Gasteiger partial charge in [0.05, 0.1) is 13.5 Å². The molecule has 0 radical (unpaired) electrons. The average Bonchev–Trinajstić information content (AvgIpc) is 2.53. The molecule has 5 nitrogen and oxygen atoms in total. The van der Waals surface area contributed by atoms with Crippen LogP contribution in [0.1, 0.15) is 18.4 Å². The molecule has 0 fully saturated rings. The molecular weight excluding hydrogens is 306 g/mol. The summed E-state index contributed by atoms with van der Waals surface area (Å²) in [5.74, 6) is -0.587. The molecule has 0 heterocycles. The van der Waals surface area contributed by atoms with E-state index in [4.69, 9.17) is 16.7 Å². The van der Waals surface area contributed by atoms with Crippen LogP contribution >= 0.6 is 11.6 Å². The standard InChI is InChI=1S/C16H20ClNO4/c1-22-16(21)9-11-18(10-2-12-19)15(20)8-5-13-3-6-14(17)7-4-13/h3-8,19H,2,9-12H2,1H3/b8-5+. The SMILES string of the molecule is COC(=O)CCN(CCCO)C(=O)/C=C/c1ccc(Cl)cc1. The van der Waals surface area contributed by atoms with Crippen molar-refractivity contribution in [3.05, 3.63) is 40.9 Å². The van der Waals surface area contributed by atoms with Crippen LogP contribution in [0.5, 0.6) is 0 Å². The summed E-state index contributed by atoms with van der Waals surface area (Å²) in [6, 6.07) is 7.09. The number of hydrogen-bond acceptors (Lipinski definition) is 4. The summed E-state index contributed by atoms with van der Waals surface area (Å²) >= 11 is 5.80. The third kappa shape index (κ3) is 6.74. The fourth-order valence-electron chi connectivity index (χ4n) is 1.77. The van der Waals surface area contributed by atoms with Gasteiger partial charge < -0.3 is 14.7 Å². The fraction of sp³-hybridized carbons (Fsp3) is 0.375. The van der Waals surface area contributed by atoms with Crippen molar-refractivity contribution < 1.29 is 19.4 Å². The van der Waals surface area contributed by atoms with Gasteiger partial charge in [-0.2, -0.15) is 0 Å². The molecule has 0 bridgehead atoms. The molecule has 0 aromatic heterocycles. The van der Waals surface area contributed by atoms with E-state index in [0.717, 1.165) is 5.56 Å². The minimum Gasteiger partial charge on any atom is -0.469 e. The number of carbonyl (C=O) groups is 2. The lowest BCUT2D eigenvalue weighted by atomic mass is 10.2. The van der Waals surface area contributed by atoms with E-state index in [9.17, 15) is 9.59 Å². The Kier molecular flexibility index (Phi) is 8.25. The summed E-state index contributed by atoms with van der Waals surface area (Å²) in [5.41, 5.74) is 0.854. The number of esters is 1. The first-order valence-corrected chi connectivity index (χ1v) is 7.35. The molecule has 120 valence electrons. The van der Waals surface area contributed by atoms with Gasteiger partial charge >= 0.3 is 5.97 Å². The molecule has 0 spiro atoms. The molecule has 1 rings (SSSR count).